The molecule has 0 aliphatic carbocycles. The van der Waals surface area contributed by atoms with E-state index in [1.807, 2.05) is 37.3 Å². The number of alkyl halides is 3. The minimum Gasteiger partial charge on any atom is -0.300 e. The number of hydrogen-bond acceptors (Lipinski definition) is 4. The highest BCUT2D eigenvalue weighted by molar-refractivity contribution is 7.15. The molecule has 0 radical (unpaired) electrons. The Morgan fingerprint density at radius 1 is 1.27 bits per heavy atom. The van der Waals surface area contributed by atoms with Gasteiger partial charge in [0.15, 0.2) is 0 Å². The number of anilines is 1. The van der Waals surface area contributed by atoms with Crippen LogP contribution in [-0.2, 0) is 11.0 Å². The van der Waals surface area contributed by atoms with Crippen LogP contribution in [0, 0.1) is 0 Å². The molecule has 118 valence electrons. The Balaban J connectivity index is 2.13. The van der Waals surface area contributed by atoms with E-state index >= 15 is 0 Å². The first-order valence-electron chi connectivity index (χ1n) is 6.68. The standard InChI is InChI=1S/C14H14F3N3OS/c1-2-6-10(9-7-4-3-5-8-9)11(21)18-13-20-19-12(22-13)14(15,16)17/h3-5,7-8,10H,2,6H2,1H3,(H,18,20,21). The Morgan fingerprint density at radius 3 is 2.50 bits per heavy atom. The first-order valence-corrected chi connectivity index (χ1v) is 7.50. The van der Waals surface area contributed by atoms with Crippen LogP contribution in [0.4, 0.5) is 18.3 Å². The van der Waals surface area contributed by atoms with Crippen molar-refractivity contribution in [3.8, 4) is 0 Å². The first kappa shape index (κ1) is 16.4. The van der Waals surface area contributed by atoms with Crippen molar-refractivity contribution in [1.82, 2.24) is 10.2 Å². The molecule has 2 rings (SSSR count). The van der Waals surface area contributed by atoms with Gasteiger partial charge in [0.05, 0.1) is 5.92 Å². The smallest absolute Gasteiger partial charge is 0.300 e. The Hall–Kier alpha value is -1.96. The van der Waals surface area contributed by atoms with Gasteiger partial charge in [-0.2, -0.15) is 13.2 Å². The number of rotatable bonds is 5. The zero-order valence-corrected chi connectivity index (χ0v) is 12.5. The van der Waals surface area contributed by atoms with Gasteiger partial charge >= 0.3 is 6.18 Å². The summed E-state index contributed by atoms with van der Waals surface area (Å²) in [5.41, 5.74) is 0.822. The molecule has 1 aromatic carbocycles. The number of carbonyl (C=O) groups excluding carboxylic acids is 1. The monoisotopic (exact) mass is 329 g/mol. The van der Waals surface area contributed by atoms with Crippen molar-refractivity contribution in [2.24, 2.45) is 0 Å². The van der Waals surface area contributed by atoms with Gasteiger partial charge in [0.25, 0.3) is 0 Å². The zero-order chi connectivity index (χ0) is 16.2. The summed E-state index contributed by atoms with van der Waals surface area (Å²) in [6, 6.07) is 9.11. The van der Waals surface area contributed by atoms with Crippen molar-refractivity contribution in [2.75, 3.05) is 5.32 Å². The molecule has 0 bridgehead atoms. The average molecular weight is 329 g/mol. The Morgan fingerprint density at radius 2 is 1.95 bits per heavy atom. The number of hydrogen-bond donors (Lipinski definition) is 1. The summed E-state index contributed by atoms with van der Waals surface area (Å²) in [4.78, 5) is 12.3. The van der Waals surface area contributed by atoms with Crippen LogP contribution in [0.25, 0.3) is 0 Å². The summed E-state index contributed by atoms with van der Waals surface area (Å²) in [5, 5.41) is 7.63. The molecule has 1 heterocycles. The predicted molar refractivity (Wildman–Crippen MR) is 77.6 cm³/mol. The van der Waals surface area contributed by atoms with Gasteiger partial charge in [-0.15, -0.1) is 10.2 Å². The van der Waals surface area contributed by atoms with Crippen LogP contribution in [-0.4, -0.2) is 16.1 Å². The van der Waals surface area contributed by atoms with Crippen molar-refractivity contribution < 1.29 is 18.0 Å². The van der Waals surface area contributed by atoms with Crippen molar-refractivity contribution in [1.29, 1.82) is 0 Å². The highest BCUT2D eigenvalue weighted by Gasteiger charge is 2.36. The lowest BCUT2D eigenvalue weighted by Crippen LogP contribution is -2.21. The average Bonchev–Trinajstić information content (AvgIpc) is 2.94. The molecule has 4 nitrogen and oxygen atoms in total. The maximum absolute atomic E-state index is 12.5. The van der Waals surface area contributed by atoms with Crippen LogP contribution in [0.5, 0.6) is 0 Å². The molecule has 2 aromatic rings. The molecule has 1 amide bonds. The number of benzene rings is 1. The largest absolute Gasteiger partial charge is 0.445 e. The molecule has 0 saturated carbocycles. The van der Waals surface area contributed by atoms with E-state index in [2.05, 4.69) is 15.5 Å². The van der Waals surface area contributed by atoms with Gasteiger partial charge in [0.1, 0.15) is 0 Å². The lowest BCUT2D eigenvalue weighted by molar-refractivity contribution is -0.138. The molecule has 0 fully saturated rings. The van der Waals surface area contributed by atoms with E-state index in [1.165, 1.54) is 0 Å². The van der Waals surface area contributed by atoms with Crippen LogP contribution in [0.3, 0.4) is 0 Å². The quantitative estimate of drug-likeness (QED) is 0.899. The van der Waals surface area contributed by atoms with Gasteiger partial charge in [-0.1, -0.05) is 55.0 Å². The molecule has 8 heteroatoms. The number of aromatic nitrogens is 2. The van der Waals surface area contributed by atoms with Crippen molar-refractivity contribution in [3.05, 3.63) is 40.9 Å². The van der Waals surface area contributed by atoms with Crippen LogP contribution >= 0.6 is 11.3 Å². The molecule has 1 aromatic heterocycles. The summed E-state index contributed by atoms with van der Waals surface area (Å²) in [6.07, 6.45) is -3.18. The molecule has 22 heavy (non-hydrogen) atoms. The first-order chi connectivity index (χ1) is 10.4. The molecular weight excluding hydrogens is 315 g/mol. The third kappa shape index (κ3) is 4.03. The second kappa shape index (κ2) is 6.87. The Kier molecular flexibility index (Phi) is 5.12. The maximum atomic E-state index is 12.5. The van der Waals surface area contributed by atoms with E-state index in [-0.39, 0.29) is 11.0 Å². The SMILES string of the molecule is CCCC(C(=O)Nc1nnc(C(F)(F)F)s1)c1ccccc1. The molecule has 1 atom stereocenters. The summed E-state index contributed by atoms with van der Waals surface area (Å²) >= 11 is 0.320. The van der Waals surface area contributed by atoms with Gasteiger partial charge in [0.2, 0.25) is 16.0 Å². The summed E-state index contributed by atoms with van der Waals surface area (Å²) in [7, 11) is 0. The second-order valence-electron chi connectivity index (χ2n) is 4.65. The normalized spacial score (nSPS) is 12.9. The molecular formula is C14H14F3N3OS. The number of amides is 1. The molecule has 0 aliphatic rings. The summed E-state index contributed by atoms with van der Waals surface area (Å²) < 4.78 is 37.4. The highest BCUT2D eigenvalue weighted by atomic mass is 32.1. The zero-order valence-electron chi connectivity index (χ0n) is 11.7. The topological polar surface area (TPSA) is 54.9 Å². The summed E-state index contributed by atoms with van der Waals surface area (Å²) in [5.74, 6) is -0.803. The van der Waals surface area contributed by atoms with Gasteiger partial charge in [-0.3, -0.25) is 10.1 Å². The van der Waals surface area contributed by atoms with Crippen LogP contribution < -0.4 is 5.32 Å². The number of nitrogens with one attached hydrogen (secondary N) is 1. The van der Waals surface area contributed by atoms with Gasteiger partial charge < -0.3 is 0 Å². The van der Waals surface area contributed by atoms with Crippen molar-refractivity contribution in [2.45, 2.75) is 31.9 Å². The molecule has 1 N–H and O–H groups in total. The predicted octanol–water partition coefficient (Wildman–Crippen LogP) is 4.08. The van der Waals surface area contributed by atoms with E-state index in [1.54, 1.807) is 0 Å². The highest BCUT2D eigenvalue weighted by Crippen LogP contribution is 2.33. The third-order valence-corrected chi connectivity index (χ3v) is 3.88. The van der Waals surface area contributed by atoms with Crippen LogP contribution in [0.1, 0.15) is 36.3 Å². The van der Waals surface area contributed by atoms with Crippen molar-refractivity contribution in [3.63, 3.8) is 0 Å². The van der Waals surface area contributed by atoms with E-state index in [0.717, 1.165) is 12.0 Å². The van der Waals surface area contributed by atoms with E-state index in [9.17, 15) is 18.0 Å². The molecule has 0 saturated heterocycles. The maximum Gasteiger partial charge on any atom is 0.445 e. The number of carbonyl (C=O) groups is 1. The molecule has 1 unspecified atom stereocenters. The van der Waals surface area contributed by atoms with Crippen molar-refractivity contribution >= 4 is 22.4 Å². The Labute approximate surface area is 129 Å². The lowest BCUT2D eigenvalue weighted by Gasteiger charge is -2.15. The van der Waals surface area contributed by atoms with Gasteiger partial charge in [-0.25, -0.2) is 0 Å². The fraction of sp³-hybridized carbons (Fsp3) is 0.357. The number of nitrogens with zero attached hydrogens (tertiary/aromatic N) is 2. The van der Waals surface area contributed by atoms with E-state index in [4.69, 9.17) is 0 Å². The summed E-state index contributed by atoms with van der Waals surface area (Å²) in [6.45, 7) is 1.94. The van der Waals surface area contributed by atoms with E-state index < -0.39 is 17.1 Å². The molecule has 0 aliphatic heterocycles. The van der Waals surface area contributed by atoms with Gasteiger partial charge in [-0.05, 0) is 12.0 Å². The van der Waals surface area contributed by atoms with E-state index in [0.29, 0.717) is 17.8 Å². The molecule has 0 spiro atoms. The minimum atomic E-state index is -4.55. The number of halogens is 3. The van der Waals surface area contributed by atoms with Crippen LogP contribution in [0.15, 0.2) is 30.3 Å². The van der Waals surface area contributed by atoms with Crippen LogP contribution in [0.2, 0.25) is 0 Å². The third-order valence-electron chi connectivity index (χ3n) is 2.99. The lowest BCUT2D eigenvalue weighted by atomic mass is 9.94. The Bertz CT molecular complexity index is 628. The van der Waals surface area contributed by atoms with Gasteiger partial charge in [0, 0.05) is 0 Å². The second-order valence-corrected chi connectivity index (χ2v) is 5.63. The fourth-order valence-electron chi connectivity index (χ4n) is 2.00. The fourth-order valence-corrected chi connectivity index (χ4v) is 2.62. The minimum absolute atomic E-state index is 0.144.